The maximum Gasteiger partial charge on any atom is 0.244 e. The van der Waals surface area contributed by atoms with Gasteiger partial charge in [-0.25, -0.2) is 28.1 Å². The summed E-state index contributed by atoms with van der Waals surface area (Å²) in [6.07, 6.45) is 7.42. The molecule has 0 aliphatic heterocycles. The number of hydrogen-bond acceptors (Lipinski definition) is 6. The summed E-state index contributed by atoms with van der Waals surface area (Å²) in [5, 5.41) is 10.7. The fourth-order valence-corrected chi connectivity index (χ4v) is 5.21. The zero-order valence-corrected chi connectivity index (χ0v) is 17.7. The molecule has 5 rings (SSSR count). The zero-order valence-electron chi connectivity index (χ0n) is 16.9. The number of pyridine rings is 1. The van der Waals surface area contributed by atoms with E-state index in [-0.39, 0.29) is 16.5 Å². The van der Waals surface area contributed by atoms with E-state index >= 15 is 0 Å². The maximum absolute atomic E-state index is 12.6. The molecule has 2 aliphatic rings. The monoisotopic (exact) mass is 422 g/mol. The Balaban J connectivity index is 1.63. The third-order valence-electron chi connectivity index (χ3n) is 6.07. The molecule has 2 aliphatic carbocycles. The molecule has 9 heteroatoms. The van der Waals surface area contributed by atoms with Crippen molar-refractivity contribution in [2.45, 2.75) is 62.4 Å². The van der Waals surface area contributed by atoms with Crippen LogP contribution in [0.3, 0.4) is 0 Å². The topological polar surface area (TPSA) is 114 Å². The highest BCUT2D eigenvalue weighted by atomic mass is 32.2. The normalized spacial score (nSPS) is 18.2. The van der Waals surface area contributed by atoms with Crippen molar-refractivity contribution in [3.05, 3.63) is 35.8 Å². The van der Waals surface area contributed by atoms with Crippen LogP contribution in [0.5, 0.6) is 0 Å². The van der Waals surface area contributed by atoms with Crippen molar-refractivity contribution in [1.29, 1.82) is 5.26 Å². The zero-order chi connectivity index (χ0) is 21.1. The van der Waals surface area contributed by atoms with E-state index in [4.69, 9.17) is 0 Å². The quantitative estimate of drug-likeness (QED) is 0.675. The van der Waals surface area contributed by atoms with Crippen LogP contribution in [0, 0.1) is 18.3 Å². The van der Waals surface area contributed by atoms with Gasteiger partial charge in [-0.1, -0.05) is 0 Å². The predicted molar refractivity (Wildman–Crippen MR) is 111 cm³/mol. The molecule has 0 aromatic carbocycles. The molecule has 30 heavy (non-hydrogen) atoms. The Kier molecular flexibility index (Phi) is 4.21. The fraction of sp³-hybridized carbons (Fsp3) is 0.429. The van der Waals surface area contributed by atoms with E-state index in [0.29, 0.717) is 17.1 Å². The molecule has 154 valence electrons. The molecule has 8 nitrogen and oxygen atoms in total. The molecule has 0 saturated heterocycles. The van der Waals surface area contributed by atoms with Crippen molar-refractivity contribution in [2.24, 2.45) is 0 Å². The first-order valence-corrected chi connectivity index (χ1v) is 11.6. The van der Waals surface area contributed by atoms with Crippen LogP contribution in [-0.4, -0.2) is 33.5 Å². The number of aromatic nitrogens is 4. The molecular formula is C21H22N6O2S. The number of nitrogens with one attached hydrogen (secondary N) is 1. The summed E-state index contributed by atoms with van der Waals surface area (Å²) >= 11 is 0. The van der Waals surface area contributed by atoms with Gasteiger partial charge in [0.1, 0.15) is 22.3 Å². The lowest BCUT2D eigenvalue weighted by Crippen LogP contribution is -2.34. The Labute approximate surface area is 175 Å². The lowest BCUT2D eigenvalue weighted by molar-refractivity contribution is 0.322. The van der Waals surface area contributed by atoms with Gasteiger partial charge < -0.3 is 4.57 Å². The minimum Gasteiger partial charge on any atom is -0.318 e. The molecule has 0 radical (unpaired) electrons. The van der Waals surface area contributed by atoms with E-state index in [1.165, 1.54) is 12.4 Å². The second kappa shape index (κ2) is 6.59. The molecule has 0 unspecified atom stereocenters. The highest BCUT2D eigenvalue weighted by Gasteiger charge is 2.41. The van der Waals surface area contributed by atoms with Crippen LogP contribution in [0.25, 0.3) is 22.6 Å². The summed E-state index contributed by atoms with van der Waals surface area (Å²) < 4.78 is 30.0. The maximum atomic E-state index is 12.6. The standard InChI is InChI=1S/C21H22N6O2S/c1-13-6-7-16-17(10-22)18(27(20(16)25-13)14-4-3-5-14)19-23-11-15(12-24-19)30(28,29)26-21(2)8-9-21/h6-7,11-12,14,26H,3-5,8-9H2,1-2H3. The second-order valence-electron chi connectivity index (χ2n) is 8.52. The van der Waals surface area contributed by atoms with E-state index in [1.807, 2.05) is 26.0 Å². The smallest absolute Gasteiger partial charge is 0.244 e. The lowest BCUT2D eigenvalue weighted by atomic mass is 9.92. The second-order valence-corrected chi connectivity index (χ2v) is 10.2. The highest BCUT2D eigenvalue weighted by molar-refractivity contribution is 7.89. The summed E-state index contributed by atoms with van der Waals surface area (Å²) in [6.45, 7) is 3.80. The number of fused-ring (bicyclic) bond motifs is 1. The van der Waals surface area contributed by atoms with Gasteiger partial charge in [0.25, 0.3) is 0 Å². The molecule has 3 aromatic rings. The van der Waals surface area contributed by atoms with Crippen molar-refractivity contribution in [2.75, 3.05) is 0 Å². The summed E-state index contributed by atoms with van der Waals surface area (Å²) in [6, 6.07) is 6.33. The first-order chi connectivity index (χ1) is 14.3. The van der Waals surface area contributed by atoms with E-state index in [2.05, 4.69) is 30.3 Å². The Morgan fingerprint density at radius 1 is 1.23 bits per heavy atom. The third kappa shape index (κ3) is 3.07. The first-order valence-electron chi connectivity index (χ1n) is 10.1. The fourth-order valence-electron chi connectivity index (χ4n) is 3.86. The number of nitriles is 1. The number of hydrogen-bond donors (Lipinski definition) is 1. The minimum atomic E-state index is -3.68. The Bertz CT molecular complexity index is 1300. The van der Waals surface area contributed by atoms with Gasteiger partial charge in [-0.05, 0) is 58.1 Å². The van der Waals surface area contributed by atoms with Crippen molar-refractivity contribution < 1.29 is 8.42 Å². The summed E-state index contributed by atoms with van der Waals surface area (Å²) in [7, 11) is -3.68. The number of rotatable bonds is 5. The van der Waals surface area contributed by atoms with Crippen LogP contribution in [0.4, 0.5) is 0 Å². The van der Waals surface area contributed by atoms with Crippen LogP contribution < -0.4 is 4.72 Å². The summed E-state index contributed by atoms with van der Waals surface area (Å²) in [4.78, 5) is 13.4. The lowest BCUT2D eigenvalue weighted by Gasteiger charge is -2.29. The van der Waals surface area contributed by atoms with E-state index in [0.717, 1.165) is 48.8 Å². The Morgan fingerprint density at radius 2 is 1.93 bits per heavy atom. The molecular weight excluding hydrogens is 400 g/mol. The van der Waals surface area contributed by atoms with Crippen LogP contribution in [-0.2, 0) is 10.0 Å². The summed E-state index contributed by atoms with van der Waals surface area (Å²) in [5.74, 6) is 0.339. The van der Waals surface area contributed by atoms with Crippen LogP contribution in [0.1, 0.15) is 56.3 Å². The molecule has 2 saturated carbocycles. The van der Waals surface area contributed by atoms with Crippen molar-refractivity contribution in [3.63, 3.8) is 0 Å². The van der Waals surface area contributed by atoms with Gasteiger partial charge in [0.2, 0.25) is 10.0 Å². The Hall–Kier alpha value is -2.83. The first kappa shape index (κ1) is 19.2. The third-order valence-corrected chi connectivity index (χ3v) is 7.67. The SMILES string of the molecule is Cc1ccc2c(C#N)c(-c3ncc(S(=O)(=O)NC4(C)CC4)cn3)n(C3CCC3)c2n1. The molecule has 3 aromatic heterocycles. The largest absolute Gasteiger partial charge is 0.318 e. The number of sulfonamides is 1. The van der Waals surface area contributed by atoms with Crippen LogP contribution >= 0.6 is 0 Å². The number of aryl methyl sites for hydroxylation is 1. The van der Waals surface area contributed by atoms with Gasteiger partial charge in [0.15, 0.2) is 5.82 Å². The molecule has 2 fully saturated rings. The summed E-state index contributed by atoms with van der Waals surface area (Å²) in [5.41, 5.74) is 2.35. The van der Waals surface area contributed by atoms with Gasteiger partial charge >= 0.3 is 0 Å². The van der Waals surface area contributed by atoms with Gasteiger partial charge in [0, 0.05) is 22.7 Å². The molecule has 0 bridgehead atoms. The average molecular weight is 423 g/mol. The van der Waals surface area contributed by atoms with Gasteiger partial charge in [-0.15, -0.1) is 0 Å². The van der Waals surface area contributed by atoms with E-state index < -0.39 is 10.0 Å². The highest BCUT2D eigenvalue weighted by Crippen LogP contribution is 2.41. The molecule has 0 atom stereocenters. The van der Waals surface area contributed by atoms with Gasteiger partial charge in [-0.3, -0.25) is 0 Å². The van der Waals surface area contributed by atoms with Gasteiger partial charge in [0.05, 0.1) is 18.0 Å². The van der Waals surface area contributed by atoms with Crippen molar-refractivity contribution >= 4 is 21.1 Å². The molecule has 1 N–H and O–H groups in total. The average Bonchev–Trinajstić information content (AvgIpc) is 3.30. The van der Waals surface area contributed by atoms with Crippen LogP contribution in [0.2, 0.25) is 0 Å². The molecule has 0 amide bonds. The van der Waals surface area contributed by atoms with E-state index in [1.54, 1.807) is 0 Å². The van der Waals surface area contributed by atoms with Gasteiger partial charge in [-0.2, -0.15) is 5.26 Å². The van der Waals surface area contributed by atoms with Crippen molar-refractivity contribution in [3.8, 4) is 17.6 Å². The minimum absolute atomic E-state index is 0.0261. The Morgan fingerprint density at radius 3 is 2.50 bits per heavy atom. The van der Waals surface area contributed by atoms with Crippen LogP contribution in [0.15, 0.2) is 29.4 Å². The molecule has 0 spiro atoms. The number of nitrogens with zero attached hydrogens (tertiary/aromatic N) is 5. The van der Waals surface area contributed by atoms with E-state index in [9.17, 15) is 13.7 Å². The van der Waals surface area contributed by atoms with Crippen molar-refractivity contribution in [1.82, 2.24) is 24.2 Å². The molecule has 3 heterocycles. The predicted octanol–water partition coefficient (Wildman–Crippen LogP) is 3.23.